The van der Waals surface area contributed by atoms with Gasteiger partial charge >= 0.3 is 0 Å². The van der Waals surface area contributed by atoms with Gasteiger partial charge in [-0.25, -0.2) is 0 Å². The molecule has 0 spiro atoms. The third-order valence-electron chi connectivity index (χ3n) is 13.1. The summed E-state index contributed by atoms with van der Waals surface area (Å²) in [6, 6.07) is 3.96. The van der Waals surface area contributed by atoms with Crippen molar-refractivity contribution in [2.24, 2.45) is 23.2 Å². The smallest absolute Gasteiger partial charge is 0.192 e. The van der Waals surface area contributed by atoms with Crippen molar-refractivity contribution in [1.29, 1.82) is 0 Å². The van der Waals surface area contributed by atoms with E-state index in [1.807, 2.05) is 17.5 Å². The molecule has 3 aliphatic rings. The summed E-state index contributed by atoms with van der Waals surface area (Å²) < 4.78 is 14.2. The number of carbonyl (C=O) groups excluding carboxylic acids is 1. The molecular weight excluding hydrogens is 617 g/mol. The maximum Gasteiger partial charge on any atom is 0.192 e. The van der Waals surface area contributed by atoms with E-state index in [9.17, 15) is 4.79 Å². The summed E-state index contributed by atoms with van der Waals surface area (Å²) in [6.45, 7) is 33.1. The standard InChI is InChI=1S/C40H66O3SSi2/c1-28(18-23-35(41)37-17-15-25-44-37)33-21-22-34-30(16-14-24-40(33,34)9)19-20-31-26-32(42-45(10,11)38(3,4)5)27-36(29(31)2)43-46(12,13)39(6,7)8/h15,17,19-20,25,28,32-34,36H,2,14,16,18,21-24,26-27H2,1,3-13H3/b30-19+,31-20-/t28-,32?,33-,34+,36?,40-/m1/s1. The van der Waals surface area contributed by atoms with Gasteiger partial charge in [0.15, 0.2) is 22.4 Å². The van der Waals surface area contributed by atoms with Crippen LogP contribution >= 0.6 is 11.3 Å². The summed E-state index contributed by atoms with van der Waals surface area (Å²) in [5.74, 6) is 2.20. The van der Waals surface area contributed by atoms with Gasteiger partial charge in [0.2, 0.25) is 0 Å². The second kappa shape index (κ2) is 14.1. The average Bonchev–Trinajstić information content (AvgIpc) is 3.59. The lowest BCUT2D eigenvalue weighted by Crippen LogP contribution is -2.49. The highest BCUT2D eigenvalue weighted by molar-refractivity contribution is 7.12. The Kier molecular flexibility index (Phi) is 11.5. The molecule has 2 unspecified atom stereocenters. The van der Waals surface area contributed by atoms with Crippen molar-refractivity contribution in [3.8, 4) is 0 Å². The van der Waals surface area contributed by atoms with E-state index in [4.69, 9.17) is 8.85 Å². The van der Waals surface area contributed by atoms with Gasteiger partial charge in [0, 0.05) is 12.8 Å². The van der Waals surface area contributed by atoms with Gasteiger partial charge in [0.1, 0.15) is 0 Å². The van der Waals surface area contributed by atoms with E-state index in [1.165, 1.54) is 43.3 Å². The molecule has 46 heavy (non-hydrogen) atoms. The molecule has 3 aliphatic carbocycles. The fourth-order valence-electron chi connectivity index (χ4n) is 8.10. The number of hydrogen-bond acceptors (Lipinski definition) is 4. The molecule has 0 saturated heterocycles. The van der Waals surface area contributed by atoms with Gasteiger partial charge in [-0.3, -0.25) is 4.79 Å². The van der Waals surface area contributed by atoms with Gasteiger partial charge in [-0.1, -0.05) is 85.8 Å². The Hall–Kier alpha value is -1.06. The predicted molar refractivity (Wildman–Crippen MR) is 204 cm³/mol. The lowest BCUT2D eigenvalue weighted by atomic mass is 9.60. The van der Waals surface area contributed by atoms with Gasteiger partial charge < -0.3 is 8.85 Å². The van der Waals surface area contributed by atoms with Crippen LogP contribution < -0.4 is 0 Å². The fraction of sp³-hybridized carbons (Fsp3) is 0.725. The number of ketones is 1. The average molecular weight is 683 g/mol. The van der Waals surface area contributed by atoms with Crippen molar-refractivity contribution in [2.45, 2.75) is 162 Å². The van der Waals surface area contributed by atoms with Gasteiger partial charge in [-0.2, -0.15) is 0 Å². The van der Waals surface area contributed by atoms with Crippen LogP contribution in [0, 0.1) is 23.2 Å². The van der Waals surface area contributed by atoms with Crippen LogP contribution in [-0.2, 0) is 8.85 Å². The number of carbonyl (C=O) groups is 1. The summed E-state index contributed by atoms with van der Waals surface area (Å²) in [4.78, 5) is 13.7. The third kappa shape index (κ3) is 8.21. The zero-order valence-electron chi connectivity index (χ0n) is 31.5. The Labute approximate surface area is 289 Å². The van der Waals surface area contributed by atoms with E-state index in [2.05, 4.69) is 100 Å². The van der Waals surface area contributed by atoms with Crippen LogP contribution in [0.3, 0.4) is 0 Å². The second-order valence-corrected chi connectivity index (χ2v) is 28.7. The van der Waals surface area contributed by atoms with E-state index in [0.717, 1.165) is 24.1 Å². The number of rotatable bonds is 10. The molecule has 258 valence electrons. The van der Waals surface area contributed by atoms with Gasteiger partial charge in [-0.05, 0) is 127 Å². The highest BCUT2D eigenvalue weighted by atomic mass is 32.1. The first-order valence-electron chi connectivity index (χ1n) is 18.2. The van der Waals surface area contributed by atoms with E-state index < -0.39 is 16.6 Å². The zero-order valence-corrected chi connectivity index (χ0v) is 34.3. The van der Waals surface area contributed by atoms with E-state index in [1.54, 1.807) is 16.9 Å². The highest BCUT2D eigenvalue weighted by Gasteiger charge is 2.51. The number of fused-ring (bicyclic) bond motifs is 1. The minimum absolute atomic E-state index is 0.0132. The van der Waals surface area contributed by atoms with Crippen LogP contribution in [-0.4, -0.2) is 34.6 Å². The van der Waals surface area contributed by atoms with Gasteiger partial charge in [-0.15, -0.1) is 11.3 Å². The molecular formula is C40H66O3SSi2. The lowest BCUT2D eigenvalue weighted by Gasteiger charge is -2.46. The topological polar surface area (TPSA) is 35.5 Å². The summed E-state index contributed by atoms with van der Waals surface area (Å²) in [5.41, 5.74) is 4.45. The van der Waals surface area contributed by atoms with E-state index in [0.29, 0.717) is 35.4 Å². The maximum absolute atomic E-state index is 12.8. The van der Waals surface area contributed by atoms with Crippen LogP contribution in [0.15, 0.2) is 53.0 Å². The van der Waals surface area contributed by atoms with Crippen LogP contribution in [0.5, 0.6) is 0 Å². The molecule has 6 atom stereocenters. The normalized spacial score (nSPS) is 30.6. The number of allylic oxidation sites excluding steroid dienone is 3. The summed E-state index contributed by atoms with van der Waals surface area (Å²) >= 11 is 1.58. The van der Waals surface area contributed by atoms with Crippen LogP contribution in [0.1, 0.15) is 123 Å². The van der Waals surface area contributed by atoms with Crippen molar-refractivity contribution >= 4 is 33.8 Å². The van der Waals surface area contributed by atoms with Crippen molar-refractivity contribution in [2.75, 3.05) is 0 Å². The van der Waals surface area contributed by atoms with Gasteiger partial charge in [0.25, 0.3) is 0 Å². The summed E-state index contributed by atoms with van der Waals surface area (Å²) in [7, 11) is -3.93. The molecule has 4 rings (SSSR count). The number of thiophene rings is 1. The zero-order chi connectivity index (χ0) is 34.3. The molecule has 0 amide bonds. The van der Waals surface area contributed by atoms with Crippen LogP contribution in [0.4, 0.5) is 0 Å². The maximum atomic E-state index is 12.8. The molecule has 0 aliphatic heterocycles. The first-order chi connectivity index (χ1) is 21.2. The van der Waals surface area contributed by atoms with Crippen LogP contribution in [0.2, 0.25) is 36.3 Å². The summed E-state index contributed by atoms with van der Waals surface area (Å²) in [6.07, 6.45) is 14.9. The first kappa shape index (κ1) is 37.8. The molecule has 3 fully saturated rings. The molecule has 0 bridgehead atoms. The molecule has 1 aromatic heterocycles. The van der Waals surface area contributed by atoms with Crippen molar-refractivity contribution < 1.29 is 13.6 Å². The van der Waals surface area contributed by atoms with Crippen LogP contribution in [0.25, 0.3) is 0 Å². The number of Topliss-reactive ketones (excluding diaryl/α,β-unsaturated/α-hetero) is 1. The van der Waals surface area contributed by atoms with Crippen molar-refractivity contribution in [1.82, 2.24) is 0 Å². The molecule has 0 N–H and O–H groups in total. The molecule has 1 aromatic rings. The Bertz CT molecular complexity index is 1290. The fourth-order valence-corrected chi connectivity index (χ4v) is 11.5. The molecule has 3 nitrogen and oxygen atoms in total. The Morgan fingerprint density at radius 2 is 1.72 bits per heavy atom. The quantitative estimate of drug-likeness (QED) is 0.182. The molecule has 1 heterocycles. The molecule has 0 aromatic carbocycles. The van der Waals surface area contributed by atoms with E-state index in [-0.39, 0.29) is 22.3 Å². The lowest BCUT2D eigenvalue weighted by molar-refractivity contribution is 0.0857. The molecule has 6 heteroatoms. The second-order valence-electron chi connectivity index (χ2n) is 18.3. The molecule has 0 radical (unpaired) electrons. The largest absolute Gasteiger partial charge is 0.413 e. The first-order valence-corrected chi connectivity index (χ1v) is 24.9. The SMILES string of the molecule is C=C1/C(=C\C=C2/CCC[C@]3(C)[C@@H]([C@H](C)CCC(=O)c4cccs4)CC[C@@H]23)CC(O[Si](C)(C)C(C)(C)C)CC1O[Si](C)(C)C(C)(C)C. The van der Waals surface area contributed by atoms with Crippen molar-refractivity contribution in [3.05, 3.63) is 57.8 Å². The monoisotopic (exact) mass is 682 g/mol. The predicted octanol–water partition coefficient (Wildman–Crippen LogP) is 12.5. The third-order valence-corrected chi connectivity index (χ3v) is 23.0. The van der Waals surface area contributed by atoms with Gasteiger partial charge in [0.05, 0.1) is 17.1 Å². The number of hydrogen-bond donors (Lipinski definition) is 0. The Morgan fingerprint density at radius 1 is 1.07 bits per heavy atom. The minimum atomic E-state index is -1.99. The minimum Gasteiger partial charge on any atom is -0.413 e. The van der Waals surface area contributed by atoms with E-state index >= 15 is 0 Å². The Balaban J connectivity index is 1.55. The highest BCUT2D eigenvalue weighted by Crippen LogP contribution is 2.60. The van der Waals surface area contributed by atoms with Crippen molar-refractivity contribution in [3.63, 3.8) is 0 Å². The molecule has 3 saturated carbocycles. The Morgan fingerprint density at radius 3 is 2.33 bits per heavy atom. The summed E-state index contributed by atoms with van der Waals surface area (Å²) in [5, 5.41) is 2.33.